The van der Waals surface area contributed by atoms with Crippen molar-refractivity contribution in [2.75, 3.05) is 19.6 Å². The molecule has 0 N–H and O–H groups in total. The van der Waals surface area contributed by atoms with Crippen LogP contribution in [0, 0.1) is 5.92 Å². The van der Waals surface area contributed by atoms with Gasteiger partial charge in [0.25, 0.3) is 5.91 Å². The molecule has 0 spiro atoms. The van der Waals surface area contributed by atoms with E-state index in [1.54, 1.807) is 10.9 Å². The fraction of sp³-hybridized carbons (Fsp3) is 0.526. The first-order chi connectivity index (χ1) is 12.1. The van der Waals surface area contributed by atoms with E-state index in [2.05, 4.69) is 41.0 Å². The summed E-state index contributed by atoms with van der Waals surface area (Å²) in [6, 6.07) is 6.35. The maximum atomic E-state index is 12.7. The Balaban J connectivity index is 1.62. The quantitative estimate of drug-likeness (QED) is 0.775. The minimum absolute atomic E-state index is 0.0870. The van der Waals surface area contributed by atoms with E-state index in [0.29, 0.717) is 24.2 Å². The lowest BCUT2D eigenvalue weighted by atomic mass is 10.0. The minimum atomic E-state index is 0.0870. The number of carbonyl (C=O) groups excluding carboxylic acids is 1. The Morgan fingerprint density at radius 1 is 1.24 bits per heavy atom. The molecule has 0 saturated carbocycles. The summed E-state index contributed by atoms with van der Waals surface area (Å²) in [7, 11) is 0. The van der Waals surface area contributed by atoms with E-state index in [1.165, 1.54) is 5.56 Å². The zero-order valence-electron chi connectivity index (χ0n) is 15.3. The Morgan fingerprint density at radius 3 is 2.60 bits per heavy atom. The zero-order valence-corrected chi connectivity index (χ0v) is 15.3. The first-order valence-corrected chi connectivity index (χ1v) is 9.02. The van der Waals surface area contributed by atoms with Crippen LogP contribution in [0.1, 0.15) is 36.8 Å². The number of pyridine rings is 1. The summed E-state index contributed by atoms with van der Waals surface area (Å²) >= 11 is 0. The van der Waals surface area contributed by atoms with E-state index >= 15 is 0 Å². The lowest BCUT2D eigenvalue weighted by Crippen LogP contribution is -2.61. The molecular weight excluding hydrogens is 314 g/mol. The first-order valence-electron chi connectivity index (χ1n) is 9.02. The molecular formula is C19H27N5O. The highest BCUT2D eigenvalue weighted by atomic mass is 16.2. The Hall–Kier alpha value is -2.21. The van der Waals surface area contributed by atoms with Crippen LogP contribution in [0.15, 0.2) is 36.8 Å². The second-order valence-electron chi connectivity index (χ2n) is 7.07. The van der Waals surface area contributed by atoms with E-state index < -0.39 is 0 Å². The molecule has 0 unspecified atom stereocenters. The molecule has 25 heavy (non-hydrogen) atoms. The third kappa shape index (κ3) is 4.07. The smallest absolute Gasteiger partial charge is 0.272 e. The summed E-state index contributed by atoms with van der Waals surface area (Å²) in [6.07, 6.45) is 5.37. The van der Waals surface area contributed by atoms with Gasteiger partial charge in [-0.1, -0.05) is 13.8 Å². The van der Waals surface area contributed by atoms with Gasteiger partial charge in [0.15, 0.2) is 0 Å². The van der Waals surface area contributed by atoms with Crippen LogP contribution in [0.3, 0.4) is 0 Å². The lowest BCUT2D eigenvalue weighted by molar-refractivity contribution is 0.0189. The van der Waals surface area contributed by atoms with Crippen LogP contribution in [0.25, 0.3) is 0 Å². The molecule has 1 aliphatic rings. The van der Waals surface area contributed by atoms with Crippen molar-refractivity contribution in [3.05, 3.63) is 48.0 Å². The number of carbonyl (C=O) groups is 1. The fourth-order valence-electron chi connectivity index (χ4n) is 3.31. The van der Waals surface area contributed by atoms with Crippen molar-refractivity contribution in [3.8, 4) is 0 Å². The van der Waals surface area contributed by atoms with Gasteiger partial charge in [-0.3, -0.25) is 19.4 Å². The average molecular weight is 341 g/mol. The number of hydrogen-bond donors (Lipinski definition) is 0. The summed E-state index contributed by atoms with van der Waals surface area (Å²) in [6.45, 7) is 10.7. The van der Waals surface area contributed by atoms with Crippen molar-refractivity contribution < 1.29 is 4.79 Å². The highest BCUT2D eigenvalue weighted by Gasteiger charge is 2.36. The van der Waals surface area contributed by atoms with Gasteiger partial charge in [-0.15, -0.1) is 0 Å². The molecule has 2 aromatic rings. The predicted molar refractivity (Wildman–Crippen MR) is 97.1 cm³/mol. The fourth-order valence-corrected chi connectivity index (χ4v) is 3.31. The van der Waals surface area contributed by atoms with Gasteiger partial charge >= 0.3 is 0 Å². The van der Waals surface area contributed by atoms with Gasteiger partial charge in [0.05, 0.1) is 0 Å². The predicted octanol–water partition coefficient (Wildman–Crippen LogP) is 2.28. The topological polar surface area (TPSA) is 54.3 Å². The second kappa shape index (κ2) is 7.78. The molecule has 3 rings (SSSR count). The van der Waals surface area contributed by atoms with Crippen LogP contribution in [0.4, 0.5) is 0 Å². The summed E-state index contributed by atoms with van der Waals surface area (Å²) in [5.74, 6) is 0.678. The third-order valence-corrected chi connectivity index (χ3v) is 4.64. The molecule has 0 aromatic carbocycles. The van der Waals surface area contributed by atoms with Crippen molar-refractivity contribution in [2.24, 2.45) is 5.92 Å². The standard InChI is InChI=1S/C19H27N5O/c1-4-24-18(7-10-21-24)19(25)23-13-17(14-23)22(11-15(2)3)12-16-5-8-20-9-6-16/h5-10,15,17H,4,11-14H2,1-3H3. The molecule has 0 atom stereocenters. The maximum absolute atomic E-state index is 12.7. The Morgan fingerprint density at radius 2 is 1.96 bits per heavy atom. The average Bonchev–Trinajstić information content (AvgIpc) is 3.02. The molecule has 1 saturated heterocycles. The number of nitrogens with zero attached hydrogens (tertiary/aromatic N) is 5. The molecule has 0 aliphatic carbocycles. The van der Waals surface area contributed by atoms with E-state index in [-0.39, 0.29) is 5.91 Å². The molecule has 1 aliphatic heterocycles. The molecule has 3 heterocycles. The molecule has 1 fully saturated rings. The van der Waals surface area contributed by atoms with E-state index in [0.717, 1.165) is 26.2 Å². The summed E-state index contributed by atoms with van der Waals surface area (Å²) < 4.78 is 1.76. The van der Waals surface area contributed by atoms with Crippen LogP contribution in [-0.2, 0) is 13.1 Å². The highest BCUT2D eigenvalue weighted by Crippen LogP contribution is 2.21. The summed E-state index contributed by atoms with van der Waals surface area (Å²) in [5.41, 5.74) is 1.95. The van der Waals surface area contributed by atoms with E-state index in [1.807, 2.05) is 30.3 Å². The Kier molecular flexibility index (Phi) is 5.48. The number of amides is 1. The van der Waals surface area contributed by atoms with Crippen molar-refractivity contribution in [1.29, 1.82) is 0 Å². The van der Waals surface area contributed by atoms with Crippen LogP contribution >= 0.6 is 0 Å². The normalized spacial score (nSPS) is 15.0. The Labute approximate surface area is 149 Å². The molecule has 6 nitrogen and oxygen atoms in total. The van der Waals surface area contributed by atoms with Gasteiger partial charge in [-0.2, -0.15) is 5.10 Å². The molecule has 1 amide bonds. The van der Waals surface area contributed by atoms with Gasteiger partial charge in [0.2, 0.25) is 0 Å². The summed E-state index contributed by atoms with van der Waals surface area (Å²) in [5, 5.41) is 4.20. The van der Waals surface area contributed by atoms with Crippen molar-refractivity contribution in [2.45, 2.75) is 39.9 Å². The molecule has 134 valence electrons. The minimum Gasteiger partial charge on any atom is -0.334 e. The molecule has 0 bridgehead atoms. The van der Waals surface area contributed by atoms with Crippen LogP contribution in [0.5, 0.6) is 0 Å². The van der Waals surface area contributed by atoms with Gasteiger partial charge < -0.3 is 4.90 Å². The van der Waals surface area contributed by atoms with Gasteiger partial charge in [-0.25, -0.2) is 0 Å². The van der Waals surface area contributed by atoms with Gasteiger partial charge in [0, 0.05) is 57.4 Å². The van der Waals surface area contributed by atoms with E-state index in [9.17, 15) is 4.79 Å². The van der Waals surface area contributed by atoms with Crippen molar-refractivity contribution in [1.82, 2.24) is 24.6 Å². The monoisotopic (exact) mass is 341 g/mol. The highest BCUT2D eigenvalue weighted by molar-refractivity contribution is 5.93. The van der Waals surface area contributed by atoms with E-state index in [4.69, 9.17) is 0 Å². The van der Waals surface area contributed by atoms with Crippen LogP contribution in [-0.4, -0.2) is 56.1 Å². The third-order valence-electron chi connectivity index (χ3n) is 4.64. The summed E-state index contributed by atoms with van der Waals surface area (Å²) in [4.78, 5) is 21.2. The Bertz CT molecular complexity index is 691. The van der Waals surface area contributed by atoms with Crippen LogP contribution in [0.2, 0.25) is 0 Å². The molecule has 0 radical (unpaired) electrons. The SMILES string of the molecule is CCn1nccc1C(=O)N1CC(N(Cc2ccncc2)CC(C)C)C1. The largest absolute Gasteiger partial charge is 0.334 e. The zero-order chi connectivity index (χ0) is 17.8. The maximum Gasteiger partial charge on any atom is 0.272 e. The number of rotatable bonds is 7. The molecule has 2 aromatic heterocycles. The van der Waals surface area contributed by atoms with Crippen LogP contribution < -0.4 is 0 Å². The number of aryl methyl sites for hydroxylation is 1. The number of likely N-dealkylation sites (tertiary alicyclic amines) is 1. The van der Waals surface area contributed by atoms with Gasteiger partial charge in [0.1, 0.15) is 5.69 Å². The number of aromatic nitrogens is 3. The molecule has 6 heteroatoms. The van der Waals surface area contributed by atoms with Gasteiger partial charge in [-0.05, 0) is 36.6 Å². The second-order valence-corrected chi connectivity index (χ2v) is 7.07. The van der Waals surface area contributed by atoms with Crippen molar-refractivity contribution in [3.63, 3.8) is 0 Å². The lowest BCUT2D eigenvalue weighted by Gasteiger charge is -2.46. The number of hydrogen-bond acceptors (Lipinski definition) is 4. The van der Waals surface area contributed by atoms with Crippen molar-refractivity contribution >= 4 is 5.91 Å². The first kappa shape index (κ1) is 17.6.